The summed E-state index contributed by atoms with van der Waals surface area (Å²) in [6.07, 6.45) is 1.09. The van der Waals surface area contributed by atoms with Gasteiger partial charge in [0.2, 0.25) is 0 Å². The minimum Gasteiger partial charge on any atom is -0.479 e. The third-order valence-corrected chi connectivity index (χ3v) is 3.17. The van der Waals surface area contributed by atoms with E-state index < -0.39 is 6.10 Å². The largest absolute Gasteiger partial charge is 0.479 e. The molecule has 1 unspecified atom stereocenters. The summed E-state index contributed by atoms with van der Waals surface area (Å²) in [7, 11) is 0. The monoisotopic (exact) mass is 279 g/mol. The number of Topliss-reactive ketones (excluding diaryl/α,β-unsaturated/α-hetero) is 1. The predicted octanol–water partition coefficient (Wildman–Crippen LogP) is 2.41. The molecule has 1 heterocycles. The number of ketones is 1. The molecular weight excluding hydrogens is 266 g/mol. The van der Waals surface area contributed by atoms with Gasteiger partial charge in [0.25, 0.3) is 5.91 Å². The summed E-state index contributed by atoms with van der Waals surface area (Å²) >= 11 is 5.54. The van der Waals surface area contributed by atoms with Crippen molar-refractivity contribution in [1.82, 2.24) is 0 Å². The van der Waals surface area contributed by atoms with E-state index in [-0.39, 0.29) is 17.6 Å². The quantitative estimate of drug-likeness (QED) is 0.483. The first kappa shape index (κ1) is 13.6. The fourth-order valence-electron chi connectivity index (χ4n) is 1.98. The lowest BCUT2D eigenvalue weighted by Gasteiger charge is -2.32. The zero-order valence-electron chi connectivity index (χ0n) is 10.6. The molecule has 1 aliphatic rings. The number of rotatable bonds is 4. The normalized spacial score (nSPS) is 17.7. The Kier molecular flexibility index (Phi) is 3.90. The van der Waals surface area contributed by atoms with E-state index >= 15 is 0 Å². The number of nitrogens with zero attached hydrogens (tertiary/aromatic N) is 1. The molecule has 0 fully saturated rings. The highest BCUT2D eigenvalue weighted by Crippen LogP contribution is 2.35. The van der Waals surface area contributed by atoms with Gasteiger partial charge in [-0.1, -0.05) is 6.08 Å². The van der Waals surface area contributed by atoms with Gasteiger partial charge in [0.15, 0.2) is 11.9 Å². The second-order valence-electron chi connectivity index (χ2n) is 4.24. The molecule has 2 rings (SSSR count). The second-order valence-corrected chi connectivity index (χ2v) is 4.50. The SMILES string of the molecule is C=CCN1C(=O)C(C)Oc2ccc(C(=O)CCl)cc21. The molecule has 4 nitrogen and oxygen atoms in total. The van der Waals surface area contributed by atoms with Gasteiger partial charge in [-0.2, -0.15) is 0 Å². The number of hydrogen-bond donors (Lipinski definition) is 0. The van der Waals surface area contributed by atoms with Crippen molar-refractivity contribution in [1.29, 1.82) is 0 Å². The lowest BCUT2D eigenvalue weighted by Crippen LogP contribution is -2.44. The Bertz CT molecular complexity index is 541. The zero-order chi connectivity index (χ0) is 14.0. The van der Waals surface area contributed by atoms with Crippen LogP contribution in [0.15, 0.2) is 30.9 Å². The molecule has 1 aliphatic heterocycles. The van der Waals surface area contributed by atoms with E-state index in [1.165, 1.54) is 0 Å². The van der Waals surface area contributed by atoms with Crippen molar-refractivity contribution < 1.29 is 14.3 Å². The van der Waals surface area contributed by atoms with Crippen molar-refractivity contribution in [2.45, 2.75) is 13.0 Å². The van der Waals surface area contributed by atoms with Crippen LogP contribution in [0.3, 0.4) is 0 Å². The Morgan fingerprint density at radius 2 is 2.32 bits per heavy atom. The highest BCUT2D eigenvalue weighted by molar-refractivity contribution is 6.30. The third-order valence-electron chi connectivity index (χ3n) is 2.92. The summed E-state index contributed by atoms with van der Waals surface area (Å²) in [5.41, 5.74) is 1.05. The van der Waals surface area contributed by atoms with Gasteiger partial charge in [0.1, 0.15) is 5.75 Å². The zero-order valence-corrected chi connectivity index (χ0v) is 11.3. The maximum Gasteiger partial charge on any atom is 0.268 e. The number of carbonyl (C=O) groups excluding carboxylic acids is 2. The van der Waals surface area contributed by atoms with E-state index in [4.69, 9.17) is 16.3 Å². The summed E-state index contributed by atoms with van der Waals surface area (Å²) in [6.45, 7) is 5.70. The molecule has 1 atom stereocenters. The molecule has 1 aromatic carbocycles. The van der Waals surface area contributed by atoms with Gasteiger partial charge in [-0.15, -0.1) is 18.2 Å². The molecule has 0 radical (unpaired) electrons. The number of carbonyl (C=O) groups is 2. The Morgan fingerprint density at radius 1 is 1.58 bits per heavy atom. The topological polar surface area (TPSA) is 46.6 Å². The maximum atomic E-state index is 12.1. The van der Waals surface area contributed by atoms with Crippen molar-refractivity contribution in [3.8, 4) is 5.75 Å². The van der Waals surface area contributed by atoms with Crippen LogP contribution in [-0.2, 0) is 4.79 Å². The van der Waals surface area contributed by atoms with Gasteiger partial charge < -0.3 is 9.64 Å². The van der Waals surface area contributed by atoms with E-state index in [9.17, 15) is 9.59 Å². The molecule has 1 amide bonds. The fraction of sp³-hybridized carbons (Fsp3) is 0.286. The number of benzene rings is 1. The Labute approximate surface area is 116 Å². The molecule has 0 bridgehead atoms. The van der Waals surface area contributed by atoms with E-state index in [1.807, 2.05) is 0 Å². The van der Waals surface area contributed by atoms with Crippen LogP contribution >= 0.6 is 11.6 Å². The average Bonchev–Trinajstić information content (AvgIpc) is 2.42. The van der Waals surface area contributed by atoms with Crippen LogP contribution in [0.1, 0.15) is 17.3 Å². The first-order valence-electron chi connectivity index (χ1n) is 5.90. The minimum atomic E-state index is -0.540. The summed E-state index contributed by atoms with van der Waals surface area (Å²) < 4.78 is 5.52. The number of fused-ring (bicyclic) bond motifs is 1. The third kappa shape index (κ3) is 2.49. The maximum absolute atomic E-state index is 12.1. The summed E-state index contributed by atoms with van der Waals surface area (Å²) in [5, 5.41) is 0. The highest BCUT2D eigenvalue weighted by Gasteiger charge is 2.31. The van der Waals surface area contributed by atoms with Crippen molar-refractivity contribution in [2.75, 3.05) is 17.3 Å². The Balaban J connectivity index is 2.48. The highest BCUT2D eigenvalue weighted by atomic mass is 35.5. The van der Waals surface area contributed by atoms with Crippen LogP contribution in [0, 0.1) is 0 Å². The minimum absolute atomic E-state index is 0.0918. The lowest BCUT2D eigenvalue weighted by atomic mass is 10.1. The second kappa shape index (κ2) is 5.45. The van der Waals surface area contributed by atoms with Crippen LogP contribution in [0.25, 0.3) is 0 Å². The number of hydrogen-bond acceptors (Lipinski definition) is 3. The van der Waals surface area contributed by atoms with Crippen LogP contribution in [-0.4, -0.2) is 30.2 Å². The molecule has 5 heteroatoms. The van der Waals surface area contributed by atoms with Crippen molar-refractivity contribution in [3.63, 3.8) is 0 Å². The first-order valence-corrected chi connectivity index (χ1v) is 6.44. The molecular formula is C14H14ClNO3. The van der Waals surface area contributed by atoms with Gasteiger partial charge in [0, 0.05) is 12.1 Å². The van der Waals surface area contributed by atoms with E-state index in [0.29, 0.717) is 23.5 Å². The number of anilines is 1. The van der Waals surface area contributed by atoms with Gasteiger partial charge in [0.05, 0.1) is 11.6 Å². The Hall–Kier alpha value is -1.81. The summed E-state index contributed by atoms with van der Waals surface area (Å²) in [5.74, 6) is 0.155. The van der Waals surface area contributed by atoms with Gasteiger partial charge >= 0.3 is 0 Å². The van der Waals surface area contributed by atoms with Crippen molar-refractivity contribution in [2.24, 2.45) is 0 Å². The van der Waals surface area contributed by atoms with E-state index in [2.05, 4.69) is 6.58 Å². The van der Waals surface area contributed by atoms with Gasteiger partial charge in [-0.25, -0.2) is 0 Å². The molecule has 0 saturated carbocycles. The number of alkyl halides is 1. The first-order chi connectivity index (χ1) is 9.08. The number of halogens is 1. The molecule has 0 aliphatic carbocycles. The molecule has 1 aromatic rings. The van der Waals surface area contributed by atoms with Crippen LogP contribution in [0.5, 0.6) is 5.75 Å². The molecule has 0 N–H and O–H groups in total. The summed E-state index contributed by atoms with van der Waals surface area (Å²) in [6, 6.07) is 4.97. The van der Waals surface area contributed by atoms with E-state index in [1.54, 1.807) is 36.1 Å². The molecule has 100 valence electrons. The molecule has 0 saturated heterocycles. The Morgan fingerprint density at radius 3 is 2.95 bits per heavy atom. The lowest BCUT2D eigenvalue weighted by molar-refractivity contribution is -0.125. The van der Waals surface area contributed by atoms with Crippen LogP contribution in [0.2, 0.25) is 0 Å². The van der Waals surface area contributed by atoms with Crippen molar-refractivity contribution in [3.05, 3.63) is 36.4 Å². The van der Waals surface area contributed by atoms with Crippen LogP contribution < -0.4 is 9.64 Å². The van der Waals surface area contributed by atoms with Crippen LogP contribution in [0.4, 0.5) is 5.69 Å². The van der Waals surface area contributed by atoms with Gasteiger partial charge in [-0.05, 0) is 25.1 Å². The summed E-state index contributed by atoms with van der Waals surface area (Å²) in [4.78, 5) is 25.2. The molecule has 0 aromatic heterocycles. The average molecular weight is 280 g/mol. The standard InChI is InChI=1S/C14H14ClNO3/c1-3-6-16-11-7-10(12(17)8-15)4-5-13(11)19-9(2)14(16)18/h3-5,7,9H,1,6,8H2,2H3. The smallest absolute Gasteiger partial charge is 0.268 e. The van der Waals surface area contributed by atoms with Crippen molar-refractivity contribution >= 4 is 29.0 Å². The fourth-order valence-corrected chi connectivity index (χ4v) is 2.13. The van der Waals surface area contributed by atoms with E-state index in [0.717, 1.165) is 0 Å². The number of amides is 1. The van der Waals surface area contributed by atoms with Gasteiger partial charge in [-0.3, -0.25) is 9.59 Å². The predicted molar refractivity (Wildman–Crippen MR) is 74.1 cm³/mol. The number of ether oxygens (including phenoxy) is 1. The molecule has 0 spiro atoms. The molecule has 19 heavy (non-hydrogen) atoms.